The first-order valence-electron chi connectivity index (χ1n) is 6.80. The molecular formula is C14H18FNO4S. The summed E-state index contributed by atoms with van der Waals surface area (Å²) in [7, 11) is -4.09. The van der Waals surface area contributed by atoms with Crippen LogP contribution in [0.3, 0.4) is 0 Å². The van der Waals surface area contributed by atoms with E-state index in [1.807, 2.05) is 0 Å². The Morgan fingerprint density at radius 1 is 1.29 bits per heavy atom. The van der Waals surface area contributed by atoms with Gasteiger partial charge in [-0.25, -0.2) is 22.3 Å². The number of benzene rings is 1. The lowest BCUT2D eigenvalue weighted by Crippen LogP contribution is -2.47. The third kappa shape index (κ3) is 3.59. The summed E-state index contributed by atoms with van der Waals surface area (Å²) >= 11 is 0. The standard InChI is InChI=1S/C14H18FNO4S/c1-14(7-3-2-4-8-14)16-21(19,20)12-9-10(13(17)18)5-6-11(12)15/h5-6,9,16H,2-4,7-8H2,1H3,(H,17,18). The predicted octanol–water partition coefficient (Wildman–Crippen LogP) is 2.53. The summed E-state index contributed by atoms with van der Waals surface area (Å²) in [5, 5.41) is 8.90. The van der Waals surface area contributed by atoms with Gasteiger partial charge in [0, 0.05) is 5.54 Å². The van der Waals surface area contributed by atoms with E-state index in [1.165, 1.54) is 0 Å². The number of sulfonamides is 1. The van der Waals surface area contributed by atoms with Crippen LogP contribution in [0.1, 0.15) is 49.4 Å². The summed E-state index contributed by atoms with van der Waals surface area (Å²) < 4.78 is 41.0. The van der Waals surface area contributed by atoms with Crippen LogP contribution in [-0.4, -0.2) is 25.0 Å². The highest BCUT2D eigenvalue weighted by molar-refractivity contribution is 7.89. The van der Waals surface area contributed by atoms with Crippen molar-refractivity contribution < 1.29 is 22.7 Å². The van der Waals surface area contributed by atoms with E-state index < -0.39 is 32.2 Å². The summed E-state index contributed by atoms with van der Waals surface area (Å²) in [6, 6.07) is 2.76. The third-order valence-electron chi connectivity index (χ3n) is 3.81. The summed E-state index contributed by atoms with van der Waals surface area (Å²) in [5.41, 5.74) is -0.867. The molecule has 0 aliphatic heterocycles. The first-order valence-corrected chi connectivity index (χ1v) is 8.29. The van der Waals surface area contributed by atoms with Gasteiger partial charge in [-0.2, -0.15) is 0 Å². The van der Waals surface area contributed by atoms with Crippen LogP contribution < -0.4 is 4.72 Å². The van der Waals surface area contributed by atoms with Gasteiger partial charge in [0.15, 0.2) is 0 Å². The molecule has 5 nitrogen and oxygen atoms in total. The van der Waals surface area contributed by atoms with Gasteiger partial charge in [-0.05, 0) is 38.0 Å². The zero-order valence-corrected chi connectivity index (χ0v) is 12.5. The molecule has 1 aliphatic carbocycles. The Hall–Kier alpha value is -1.47. The van der Waals surface area contributed by atoms with Crippen LogP contribution >= 0.6 is 0 Å². The van der Waals surface area contributed by atoms with Crippen LogP contribution in [0.15, 0.2) is 23.1 Å². The minimum Gasteiger partial charge on any atom is -0.478 e. The molecule has 0 radical (unpaired) electrons. The first kappa shape index (κ1) is 15.9. The average Bonchev–Trinajstić information content (AvgIpc) is 2.38. The van der Waals surface area contributed by atoms with Crippen molar-refractivity contribution in [3.63, 3.8) is 0 Å². The van der Waals surface area contributed by atoms with Crippen molar-refractivity contribution in [2.24, 2.45) is 0 Å². The number of carboxylic acid groups (broad SMARTS) is 1. The Balaban J connectivity index is 2.35. The molecule has 0 unspecified atom stereocenters. The van der Waals surface area contributed by atoms with Gasteiger partial charge in [0.25, 0.3) is 0 Å². The Morgan fingerprint density at radius 3 is 2.48 bits per heavy atom. The molecule has 0 aromatic heterocycles. The number of carbonyl (C=O) groups is 1. The fourth-order valence-corrected chi connectivity index (χ4v) is 4.23. The van der Waals surface area contributed by atoms with Gasteiger partial charge in [0.05, 0.1) is 5.56 Å². The van der Waals surface area contributed by atoms with Crippen LogP contribution in [0.4, 0.5) is 4.39 Å². The lowest BCUT2D eigenvalue weighted by Gasteiger charge is -2.34. The van der Waals surface area contributed by atoms with Crippen LogP contribution in [-0.2, 0) is 10.0 Å². The fourth-order valence-electron chi connectivity index (χ4n) is 2.66. The normalized spacial score (nSPS) is 18.4. The van der Waals surface area contributed by atoms with Gasteiger partial charge in [-0.3, -0.25) is 0 Å². The zero-order chi connectivity index (χ0) is 15.7. The SMILES string of the molecule is CC1(NS(=O)(=O)c2cc(C(=O)O)ccc2F)CCCCC1. The highest BCUT2D eigenvalue weighted by atomic mass is 32.2. The molecule has 0 atom stereocenters. The highest BCUT2D eigenvalue weighted by Crippen LogP contribution is 2.29. The predicted molar refractivity (Wildman–Crippen MR) is 75.2 cm³/mol. The molecule has 0 bridgehead atoms. The molecule has 116 valence electrons. The molecule has 21 heavy (non-hydrogen) atoms. The van der Waals surface area contributed by atoms with Gasteiger partial charge in [-0.15, -0.1) is 0 Å². The summed E-state index contributed by atoms with van der Waals surface area (Å²) in [6.45, 7) is 1.79. The minimum atomic E-state index is -4.09. The van der Waals surface area contributed by atoms with Crippen molar-refractivity contribution in [3.05, 3.63) is 29.6 Å². The Kier molecular flexibility index (Phi) is 4.34. The maximum Gasteiger partial charge on any atom is 0.335 e. The molecule has 0 amide bonds. The number of nitrogens with one attached hydrogen (secondary N) is 1. The molecule has 0 heterocycles. The van der Waals surface area contributed by atoms with E-state index in [2.05, 4.69) is 4.72 Å². The Morgan fingerprint density at radius 2 is 1.90 bits per heavy atom. The van der Waals surface area contributed by atoms with Crippen LogP contribution in [0.2, 0.25) is 0 Å². The second-order valence-electron chi connectivity index (χ2n) is 5.68. The fraction of sp³-hybridized carbons (Fsp3) is 0.500. The minimum absolute atomic E-state index is 0.259. The van der Waals surface area contributed by atoms with Crippen LogP contribution in [0, 0.1) is 5.82 Å². The van der Waals surface area contributed by atoms with E-state index in [1.54, 1.807) is 6.92 Å². The summed E-state index contributed by atoms with van der Waals surface area (Å²) in [5.74, 6) is -2.25. The summed E-state index contributed by atoms with van der Waals surface area (Å²) in [4.78, 5) is 10.3. The third-order valence-corrected chi connectivity index (χ3v) is 5.46. The maximum atomic E-state index is 13.8. The van der Waals surface area contributed by atoms with Crippen molar-refractivity contribution in [1.82, 2.24) is 4.72 Å². The molecule has 1 aromatic rings. The molecule has 1 fully saturated rings. The van der Waals surface area contributed by atoms with Crippen LogP contribution in [0.25, 0.3) is 0 Å². The maximum absolute atomic E-state index is 13.8. The molecule has 0 spiro atoms. The number of hydrogen-bond acceptors (Lipinski definition) is 3. The molecule has 0 saturated heterocycles. The Labute approximate surface area is 123 Å². The smallest absolute Gasteiger partial charge is 0.335 e. The number of aromatic carboxylic acids is 1. The topological polar surface area (TPSA) is 83.5 Å². The molecule has 1 saturated carbocycles. The number of carboxylic acids is 1. The lowest BCUT2D eigenvalue weighted by atomic mass is 9.84. The quantitative estimate of drug-likeness (QED) is 0.894. The Bertz CT molecular complexity index is 651. The zero-order valence-electron chi connectivity index (χ0n) is 11.7. The van der Waals surface area contributed by atoms with Gasteiger partial charge < -0.3 is 5.11 Å². The van der Waals surface area contributed by atoms with Crippen molar-refractivity contribution in [2.45, 2.75) is 49.5 Å². The highest BCUT2D eigenvalue weighted by Gasteiger charge is 2.33. The first-order chi connectivity index (χ1) is 9.73. The van der Waals surface area contributed by atoms with Crippen molar-refractivity contribution >= 4 is 16.0 Å². The number of rotatable bonds is 4. The largest absolute Gasteiger partial charge is 0.478 e. The van der Waals surface area contributed by atoms with Gasteiger partial charge in [0.1, 0.15) is 10.7 Å². The second-order valence-corrected chi connectivity index (χ2v) is 7.33. The molecule has 2 N–H and O–H groups in total. The average molecular weight is 315 g/mol. The number of halogens is 1. The molecule has 2 rings (SSSR count). The van der Waals surface area contributed by atoms with Gasteiger partial charge in [-0.1, -0.05) is 19.3 Å². The lowest BCUT2D eigenvalue weighted by molar-refractivity contribution is 0.0696. The van der Waals surface area contributed by atoms with E-state index in [4.69, 9.17) is 5.11 Å². The van der Waals surface area contributed by atoms with Gasteiger partial charge >= 0.3 is 5.97 Å². The molecular weight excluding hydrogens is 297 g/mol. The number of hydrogen-bond donors (Lipinski definition) is 2. The van der Waals surface area contributed by atoms with E-state index in [-0.39, 0.29) is 5.56 Å². The van der Waals surface area contributed by atoms with E-state index >= 15 is 0 Å². The van der Waals surface area contributed by atoms with E-state index in [0.717, 1.165) is 37.5 Å². The van der Waals surface area contributed by atoms with E-state index in [9.17, 15) is 17.6 Å². The van der Waals surface area contributed by atoms with Crippen molar-refractivity contribution in [2.75, 3.05) is 0 Å². The van der Waals surface area contributed by atoms with Gasteiger partial charge in [0.2, 0.25) is 10.0 Å². The van der Waals surface area contributed by atoms with Crippen molar-refractivity contribution in [3.8, 4) is 0 Å². The monoisotopic (exact) mass is 315 g/mol. The summed E-state index contributed by atoms with van der Waals surface area (Å²) in [6.07, 6.45) is 4.26. The second kappa shape index (κ2) is 5.73. The van der Waals surface area contributed by atoms with Crippen LogP contribution in [0.5, 0.6) is 0 Å². The van der Waals surface area contributed by atoms with Crippen molar-refractivity contribution in [1.29, 1.82) is 0 Å². The molecule has 7 heteroatoms. The van der Waals surface area contributed by atoms with E-state index in [0.29, 0.717) is 12.8 Å². The molecule has 1 aromatic carbocycles. The molecule has 1 aliphatic rings.